The van der Waals surface area contributed by atoms with Gasteiger partial charge in [0.25, 0.3) is 0 Å². The lowest BCUT2D eigenvalue weighted by Gasteiger charge is -2.19. The molecule has 1 aromatic heterocycles. The SMILES string of the molecule is Cc1nnc(NCC2CCC=CO2)s1. The quantitative estimate of drug-likeness (QED) is 0.830. The minimum absolute atomic E-state index is 0.268. The molecule has 1 aliphatic heterocycles. The van der Waals surface area contributed by atoms with E-state index >= 15 is 0 Å². The molecule has 0 spiro atoms. The summed E-state index contributed by atoms with van der Waals surface area (Å²) < 4.78 is 5.42. The van der Waals surface area contributed by atoms with Crippen molar-refractivity contribution in [2.45, 2.75) is 25.9 Å². The van der Waals surface area contributed by atoms with Crippen molar-refractivity contribution in [1.29, 1.82) is 0 Å². The summed E-state index contributed by atoms with van der Waals surface area (Å²) >= 11 is 1.57. The minimum Gasteiger partial charge on any atom is -0.497 e. The van der Waals surface area contributed by atoms with E-state index in [1.165, 1.54) is 0 Å². The summed E-state index contributed by atoms with van der Waals surface area (Å²) in [6.45, 7) is 2.75. The molecule has 1 atom stereocenters. The molecule has 2 heterocycles. The summed E-state index contributed by atoms with van der Waals surface area (Å²) in [6.07, 6.45) is 6.26. The van der Waals surface area contributed by atoms with Crippen LogP contribution in [0.15, 0.2) is 12.3 Å². The summed E-state index contributed by atoms with van der Waals surface area (Å²) in [5.74, 6) is 0. The van der Waals surface area contributed by atoms with Crippen molar-refractivity contribution in [3.05, 3.63) is 17.3 Å². The Bertz CT molecular complexity index is 324. The highest BCUT2D eigenvalue weighted by atomic mass is 32.1. The Labute approximate surface area is 87.0 Å². The van der Waals surface area contributed by atoms with E-state index in [9.17, 15) is 0 Å². The minimum atomic E-state index is 0.268. The molecule has 14 heavy (non-hydrogen) atoms. The van der Waals surface area contributed by atoms with Crippen LogP contribution in [0.4, 0.5) is 5.13 Å². The predicted octanol–water partition coefficient (Wildman–Crippen LogP) is 1.95. The van der Waals surface area contributed by atoms with Crippen LogP contribution in [0.3, 0.4) is 0 Å². The summed E-state index contributed by atoms with van der Waals surface area (Å²) in [6, 6.07) is 0. The number of aromatic nitrogens is 2. The van der Waals surface area contributed by atoms with Crippen molar-refractivity contribution < 1.29 is 4.74 Å². The van der Waals surface area contributed by atoms with Gasteiger partial charge in [-0.05, 0) is 25.8 Å². The molecule has 0 saturated carbocycles. The van der Waals surface area contributed by atoms with Gasteiger partial charge in [-0.15, -0.1) is 10.2 Å². The first-order valence-electron chi connectivity index (χ1n) is 4.69. The van der Waals surface area contributed by atoms with Crippen LogP contribution < -0.4 is 5.32 Å². The van der Waals surface area contributed by atoms with Crippen molar-refractivity contribution in [3.63, 3.8) is 0 Å². The van der Waals surface area contributed by atoms with Crippen LogP contribution in [0.25, 0.3) is 0 Å². The van der Waals surface area contributed by atoms with Gasteiger partial charge in [0.15, 0.2) is 0 Å². The van der Waals surface area contributed by atoms with E-state index in [4.69, 9.17) is 4.74 Å². The fraction of sp³-hybridized carbons (Fsp3) is 0.556. The van der Waals surface area contributed by atoms with Gasteiger partial charge in [-0.1, -0.05) is 11.3 Å². The zero-order chi connectivity index (χ0) is 9.80. The summed E-state index contributed by atoms with van der Waals surface area (Å²) in [7, 11) is 0. The van der Waals surface area contributed by atoms with Gasteiger partial charge in [0.05, 0.1) is 12.8 Å². The van der Waals surface area contributed by atoms with Crippen LogP contribution in [0.5, 0.6) is 0 Å². The molecule has 1 N–H and O–H groups in total. The molecule has 4 nitrogen and oxygen atoms in total. The number of nitrogens with zero attached hydrogens (tertiary/aromatic N) is 2. The molecule has 0 fully saturated rings. The maximum absolute atomic E-state index is 5.42. The third-order valence-electron chi connectivity index (χ3n) is 2.03. The summed E-state index contributed by atoms with van der Waals surface area (Å²) in [4.78, 5) is 0. The monoisotopic (exact) mass is 211 g/mol. The second-order valence-electron chi connectivity index (χ2n) is 3.21. The molecule has 0 aromatic carbocycles. The Morgan fingerprint density at radius 1 is 1.64 bits per heavy atom. The normalized spacial score (nSPS) is 20.5. The maximum Gasteiger partial charge on any atom is 0.205 e. The Kier molecular flexibility index (Phi) is 2.98. The predicted molar refractivity (Wildman–Crippen MR) is 56.4 cm³/mol. The van der Waals surface area contributed by atoms with Gasteiger partial charge in [0.1, 0.15) is 11.1 Å². The van der Waals surface area contributed by atoms with E-state index in [2.05, 4.69) is 15.5 Å². The summed E-state index contributed by atoms with van der Waals surface area (Å²) in [5.41, 5.74) is 0. The Hall–Kier alpha value is -1.10. The first-order valence-corrected chi connectivity index (χ1v) is 5.50. The van der Waals surface area contributed by atoms with Gasteiger partial charge in [0, 0.05) is 0 Å². The van der Waals surface area contributed by atoms with Gasteiger partial charge in [0.2, 0.25) is 5.13 Å². The Balaban J connectivity index is 1.79. The smallest absolute Gasteiger partial charge is 0.205 e. The molecular weight excluding hydrogens is 198 g/mol. The van der Waals surface area contributed by atoms with Gasteiger partial charge in [-0.25, -0.2) is 0 Å². The molecule has 1 aromatic rings. The second-order valence-corrected chi connectivity index (χ2v) is 4.40. The van der Waals surface area contributed by atoms with Crippen molar-refractivity contribution in [3.8, 4) is 0 Å². The van der Waals surface area contributed by atoms with Crippen LogP contribution in [0.2, 0.25) is 0 Å². The highest BCUT2D eigenvalue weighted by Crippen LogP contribution is 2.15. The first-order chi connectivity index (χ1) is 6.84. The van der Waals surface area contributed by atoms with Crippen LogP contribution in [-0.4, -0.2) is 22.8 Å². The zero-order valence-electron chi connectivity index (χ0n) is 8.06. The Morgan fingerprint density at radius 3 is 3.21 bits per heavy atom. The molecule has 0 aliphatic carbocycles. The largest absolute Gasteiger partial charge is 0.497 e. The van der Waals surface area contributed by atoms with Gasteiger partial charge in [-0.2, -0.15) is 0 Å². The first kappa shape index (κ1) is 9.45. The van der Waals surface area contributed by atoms with Crippen LogP contribution >= 0.6 is 11.3 Å². The number of aryl methyl sites for hydroxylation is 1. The molecule has 0 radical (unpaired) electrons. The van der Waals surface area contributed by atoms with Crippen LogP contribution in [-0.2, 0) is 4.74 Å². The Morgan fingerprint density at radius 2 is 2.57 bits per heavy atom. The molecule has 2 rings (SSSR count). The van der Waals surface area contributed by atoms with E-state index in [-0.39, 0.29) is 6.10 Å². The maximum atomic E-state index is 5.42. The van der Waals surface area contributed by atoms with Gasteiger partial charge >= 0.3 is 0 Å². The lowest BCUT2D eigenvalue weighted by atomic mass is 10.1. The van der Waals surface area contributed by atoms with Crippen molar-refractivity contribution in [2.24, 2.45) is 0 Å². The highest BCUT2D eigenvalue weighted by molar-refractivity contribution is 7.15. The van der Waals surface area contributed by atoms with Gasteiger partial charge in [-0.3, -0.25) is 0 Å². The number of ether oxygens (including phenoxy) is 1. The average molecular weight is 211 g/mol. The van der Waals surface area contributed by atoms with E-state index in [1.807, 2.05) is 13.0 Å². The molecule has 0 bridgehead atoms. The summed E-state index contributed by atoms with van der Waals surface area (Å²) in [5, 5.41) is 13.0. The molecule has 76 valence electrons. The number of anilines is 1. The third-order valence-corrected chi connectivity index (χ3v) is 2.83. The van der Waals surface area contributed by atoms with Crippen LogP contribution in [0, 0.1) is 6.92 Å². The molecule has 0 saturated heterocycles. The van der Waals surface area contributed by atoms with Gasteiger partial charge < -0.3 is 10.1 Å². The third kappa shape index (κ3) is 2.45. The molecule has 0 amide bonds. The zero-order valence-corrected chi connectivity index (χ0v) is 8.88. The standard InChI is InChI=1S/C9H13N3OS/c1-7-11-12-9(14-7)10-6-8-4-2-3-5-13-8/h3,5,8H,2,4,6H2,1H3,(H,10,12). The number of rotatable bonds is 3. The molecular formula is C9H13N3OS. The van der Waals surface area contributed by atoms with E-state index in [1.54, 1.807) is 17.6 Å². The molecule has 5 heteroatoms. The number of allylic oxidation sites excluding steroid dienone is 1. The fourth-order valence-electron chi connectivity index (χ4n) is 1.30. The van der Waals surface area contributed by atoms with E-state index in [0.717, 1.165) is 29.5 Å². The number of nitrogens with one attached hydrogen (secondary N) is 1. The topological polar surface area (TPSA) is 47.0 Å². The van der Waals surface area contributed by atoms with E-state index < -0.39 is 0 Å². The van der Waals surface area contributed by atoms with Crippen molar-refractivity contribution in [2.75, 3.05) is 11.9 Å². The lowest BCUT2D eigenvalue weighted by Crippen LogP contribution is -2.22. The highest BCUT2D eigenvalue weighted by Gasteiger charge is 2.11. The number of hydrogen-bond donors (Lipinski definition) is 1. The second kappa shape index (κ2) is 4.41. The fourth-order valence-corrected chi connectivity index (χ4v) is 1.90. The lowest BCUT2D eigenvalue weighted by molar-refractivity contribution is 0.135. The van der Waals surface area contributed by atoms with Crippen molar-refractivity contribution in [1.82, 2.24) is 10.2 Å². The molecule has 1 aliphatic rings. The molecule has 1 unspecified atom stereocenters. The van der Waals surface area contributed by atoms with E-state index in [0.29, 0.717) is 0 Å². The van der Waals surface area contributed by atoms with Crippen LogP contribution in [0.1, 0.15) is 17.8 Å². The average Bonchev–Trinajstić information content (AvgIpc) is 2.63. The van der Waals surface area contributed by atoms with Crippen molar-refractivity contribution >= 4 is 16.5 Å². The number of hydrogen-bond acceptors (Lipinski definition) is 5.